The number of carbonyl (C=O) groups excluding carboxylic acids is 1. The summed E-state index contributed by atoms with van der Waals surface area (Å²) >= 11 is 6.07. The van der Waals surface area contributed by atoms with Crippen LogP contribution in [0.25, 0.3) is 0 Å². The molecule has 1 heterocycles. The zero-order chi connectivity index (χ0) is 13.5. The number of amides is 1. The predicted molar refractivity (Wildman–Crippen MR) is 71.9 cm³/mol. The van der Waals surface area contributed by atoms with Gasteiger partial charge in [-0.1, -0.05) is 31.5 Å². The number of hydrogen-bond donors (Lipinski definition) is 1. The lowest BCUT2D eigenvalue weighted by molar-refractivity contribution is -0.110. The van der Waals surface area contributed by atoms with Crippen LogP contribution in [0.1, 0.15) is 29.8 Å². The molecule has 4 heteroatoms. The molecular formula is C14H18ClNO2. The molecule has 1 aromatic carbocycles. The Morgan fingerprint density at radius 3 is 2.56 bits per heavy atom. The molecule has 0 aromatic heterocycles. The molecule has 1 N–H and O–H groups in total. The molecule has 3 nitrogen and oxygen atoms in total. The fraction of sp³-hybridized carbons (Fsp3) is 0.500. The Kier molecular flexibility index (Phi) is 3.39. The second-order valence-corrected chi connectivity index (χ2v) is 5.81. The van der Waals surface area contributed by atoms with Gasteiger partial charge in [-0.25, -0.2) is 0 Å². The van der Waals surface area contributed by atoms with Crippen LogP contribution in [0.3, 0.4) is 0 Å². The van der Waals surface area contributed by atoms with Gasteiger partial charge < -0.3 is 10.0 Å². The lowest BCUT2D eigenvalue weighted by Gasteiger charge is -2.49. The van der Waals surface area contributed by atoms with E-state index in [-0.39, 0.29) is 11.8 Å². The van der Waals surface area contributed by atoms with Gasteiger partial charge in [-0.15, -0.1) is 0 Å². The van der Waals surface area contributed by atoms with E-state index < -0.39 is 5.60 Å². The van der Waals surface area contributed by atoms with Crippen LogP contribution in [-0.4, -0.2) is 34.6 Å². The molecule has 0 bridgehead atoms. The smallest absolute Gasteiger partial charge is 0.255 e. The van der Waals surface area contributed by atoms with Gasteiger partial charge in [0.05, 0.1) is 23.7 Å². The molecule has 0 aliphatic carbocycles. The van der Waals surface area contributed by atoms with E-state index in [0.29, 0.717) is 23.7 Å². The Balaban J connectivity index is 2.11. The van der Waals surface area contributed by atoms with E-state index in [1.807, 2.05) is 26.8 Å². The first-order chi connectivity index (χ1) is 8.33. The van der Waals surface area contributed by atoms with Gasteiger partial charge in [0.2, 0.25) is 0 Å². The second-order valence-electron chi connectivity index (χ2n) is 5.40. The van der Waals surface area contributed by atoms with Crippen molar-refractivity contribution in [1.29, 1.82) is 0 Å². The van der Waals surface area contributed by atoms with Gasteiger partial charge in [-0.3, -0.25) is 4.79 Å². The summed E-state index contributed by atoms with van der Waals surface area (Å²) in [5, 5.41) is 10.6. The van der Waals surface area contributed by atoms with Crippen LogP contribution in [0.5, 0.6) is 0 Å². The van der Waals surface area contributed by atoms with Crippen molar-refractivity contribution in [1.82, 2.24) is 4.90 Å². The summed E-state index contributed by atoms with van der Waals surface area (Å²) in [5.74, 6) is 0.0420. The first kappa shape index (κ1) is 13.4. The Hall–Kier alpha value is -1.06. The van der Waals surface area contributed by atoms with Crippen LogP contribution >= 0.6 is 11.6 Å². The SMILES string of the molecule is Cc1ccc(C(=O)N2CC(O)(C(C)C)C2)c(Cl)c1. The maximum atomic E-state index is 12.2. The highest BCUT2D eigenvalue weighted by molar-refractivity contribution is 6.33. The van der Waals surface area contributed by atoms with Crippen LogP contribution < -0.4 is 0 Å². The number of nitrogens with zero attached hydrogens (tertiary/aromatic N) is 1. The predicted octanol–water partition coefficient (Wildman–Crippen LogP) is 2.49. The number of aliphatic hydroxyl groups is 1. The Morgan fingerprint density at radius 1 is 1.44 bits per heavy atom. The fourth-order valence-corrected chi connectivity index (χ4v) is 2.40. The zero-order valence-electron chi connectivity index (χ0n) is 10.9. The summed E-state index contributed by atoms with van der Waals surface area (Å²) in [5.41, 5.74) is 0.791. The Morgan fingerprint density at radius 2 is 2.06 bits per heavy atom. The van der Waals surface area contributed by atoms with E-state index >= 15 is 0 Å². The molecule has 0 unspecified atom stereocenters. The quantitative estimate of drug-likeness (QED) is 0.894. The highest BCUT2D eigenvalue weighted by atomic mass is 35.5. The molecule has 2 rings (SSSR count). The summed E-state index contributed by atoms with van der Waals surface area (Å²) < 4.78 is 0. The molecule has 0 radical (unpaired) electrons. The molecule has 1 aromatic rings. The van der Waals surface area contributed by atoms with Crippen LogP contribution in [0.2, 0.25) is 5.02 Å². The van der Waals surface area contributed by atoms with E-state index in [1.54, 1.807) is 17.0 Å². The van der Waals surface area contributed by atoms with Crippen LogP contribution in [-0.2, 0) is 0 Å². The van der Waals surface area contributed by atoms with Gasteiger partial charge in [0, 0.05) is 0 Å². The summed E-state index contributed by atoms with van der Waals surface area (Å²) in [6.07, 6.45) is 0. The van der Waals surface area contributed by atoms with Crippen LogP contribution in [0.4, 0.5) is 0 Å². The average molecular weight is 268 g/mol. The number of likely N-dealkylation sites (tertiary alicyclic amines) is 1. The molecule has 1 aliphatic heterocycles. The highest BCUT2D eigenvalue weighted by Gasteiger charge is 2.46. The molecule has 1 amide bonds. The van der Waals surface area contributed by atoms with Gasteiger partial charge in [0.1, 0.15) is 5.60 Å². The van der Waals surface area contributed by atoms with Gasteiger partial charge >= 0.3 is 0 Å². The van der Waals surface area contributed by atoms with Crippen molar-refractivity contribution < 1.29 is 9.90 Å². The fourth-order valence-electron chi connectivity index (χ4n) is 2.09. The van der Waals surface area contributed by atoms with Crippen LogP contribution in [0, 0.1) is 12.8 Å². The normalized spacial score (nSPS) is 17.8. The highest BCUT2D eigenvalue weighted by Crippen LogP contribution is 2.31. The van der Waals surface area contributed by atoms with E-state index in [4.69, 9.17) is 11.6 Å². The third-order valence-electron chi connectivity index (χ3n) is 3.65. The van der Waals surface area contributed by atoms with Gasteiger partial charge in [0.15, 0.2) is 0 Å². The topological polar surface area (TPSA) is 40.5 Å². The molecule has 0 spiro atoms. The molecule has 1 fully saturated rings. The number of hydrogen-bond acceptors (Lipinski definition) is 2. The van der Waals surface area contributed by atoms with Gasteiger partial charge in [0.25, 0.3) is 5.91 Å². The van der Waals surface area contributed by atoms with Gasteiger partial charge in [-0.05, 0) is 30.5 Å². The third kappa shape index (κ3) is 2.25. The van der Waals surface area contributed by atoms with Gasteiger partial charge in [-0.2, -0.15) is 0 Å². The van der Waals surface area contributed by atoms with Crippen LogP contribution in [0.15, 0.2) is 18.2 Å². The zero-order valence-corrected chi connectivity index (χ0v) is 11.7. The largest absolute Gasteiger partial charge is 0.386 e. The summed E-state index contributed by atoms with van der Waals surface area (Å²) in [6, 6.07) is 5.39. The third-order valence-corrected chi connectivity index (χ3v) is 3.96. The Bertz CT molecular complexity index is 479. The lowest BCUT2D eigenvalue weighted by Crippen LogP contribution is -2.65. The standard InChI is InChI=1S/C14H18ClNO2/c1-9(2)14(18)7-16(8-14)13(17)11-5-4-10(3)6-12(11)15/h4-6,9,18H,7-8H2,1-3H3. The number of halogens is 1. The van der Waals surface area contributed by atoms with E-state index in [2.05, 4.69) is 0 Å². The number of aryl methyl sites for hydroxylation is 1. The number of benzene rings is 1. The van der Waals surface area contributed by atoms with Crippen molar-refractivity contribution in [2.45, 2.75) is 26.4 Å². The maximum Gasteiger partial charge on any atom is 0.255 e. The van der Waals surface area contributed by atoms with Crippen molar-refractivity contribution in [2.75, 3.05) is 13.1 Å². The minimum atomic E-state index is -0.743. The van der Waals surface area contributed by atoms with Crippen molar-refractivity contribution in [3.63, 3.8) is 0 Å². The minimum Gasteiger partial charge on any atom is -0.386 e. The van der Waals surface area contributed by atoms with E-state index in [0.717, 1.165) is 5.56 Å². The summed E-state index contributed by atoms with van der Waals surface area (Å²) in [7, 11) is 0. The van der Waals surface area contributed by atoms with E-state index in [9.17, 15) is 9.90 Å². The maximum absolute atomic E-state index is 12.2. The molecule has 1 saturated heterocycles. The molecule has 98 valence electrons. The number of carbonyl (C=O) groups is 1. The molecule has 1 aliphatic rings. The summed E-state index contributed by atoms with van der Waals surface area (Å²) in [6.45, 7) is 6.62. The minimum absolute atomic E-state index is 0.106. The number of rotatable bonds is 2. The number of β-amino-alcohol motifs (C(OH)–C–C–N with tert-alkyl or cyclic N) is 1. The van der Waals surface area contributed by atoms with Crippen molar-refractivity contribution >= 4 is 17.5 Å². The molecular weight excluding hydrogens is 250 g/mol. The lowest BCUT2D eigenvalue weighted by atomic mass is 9.82. The van der Waals surface area contributed by atoms with E-state index in [1.165, 1.54) is 0 Å². The van der Waals surface area contributed by atoms with Crippen molar-refractivity contribution in [3.05, 3.63) is 34.3 Å². The van der Waals surface area contributed by atoms with Crippen molar-refractivity contribution in [3.8, 4) is 0 Å². The first-order valence-corrected chi connectivity index (χ1v) is 6.49. The molecule has 0 atom stereocenters. The van der Waals surface area contributed by atoms with Crippen molar-refractivity contribution in [2.24, 2.45) is 5.92 Å². The molecule has 0 saturated carbocycles. The first-order valence-electron chi connectivity index (χ1n) is 6.11. The summed E-state index contributed by atoms with van der Waals surface area (Å²) in [4.78, 5) is 13.8. The molecule has 18 heavy (non-hydrogen) atoms. The second kappa shape index (κ2) is 4.56. The Labute approximate surface area is 112 Å². The average Bonchev–Trinajstić information content (AvgIpc) is 2.23. The monoisotopic (exact) mass is 267 g/mol.